The number of hydrogen-bond acceptors (Lipinski definition) is 1. The van der Waals surface area contributed by atoms with Gasteiger partial charge in [0, 0.05) is 0 Å². The fraction of sp³-hybridized carbons (Fsp3) is 0.400. The summed E-state index contributed by atoms with van der Waals surface area (Å²) in [5, 5.41) is 0. The van der Waals surface area contributed by atoms with Crippen LogP contribution in [0.2, 0.25) is 0 Å². The van der Waals surface area contributed by atoms with E-state index in [1.807, 2.05) is 38.2 Å². The third-order valence-corrected chi connectivity index (χ3v) is 1.00. The average Bonchev–Trinajstić information content (AvgIpc) is 1.96. The Morgan fingerprint density at radius 2 is 2.18 bits per heavy atom. The maximum Gasteiger partial charge on any atom is 0.0675 e. The van der Waals surface area contributed by atoms with Gasteiger partial charge >= 0.3 is 0 Å². The van der Waals surface area contributed by atoms with Gasteiger partial charge in [-0.3, -0.25) is 0 Å². The summed E-state index contributed by atoms with van der Waals surface area (Å²) < 4.78 is 5.22. The van der Waals surface area contributed by atoms with Crippen LogP contribution in [0.25, 0.3) is 0 Å². The van der Waals surface area contributed by atoms with Crippen LogP contribution in [0.4, 0.5) is 0 Å². The van der Waals surface area contributed by atoms with Crippen molar-refractivity contribution in [3.05, 3.63) is 36.5 Å². The van der Waals surface area contributed by atoms with E-state index in [1.165, 1.54) is 0 Å². The first-order chi connectivity index (χ1) is 5.27. The summed E-state index contributed by atoms with van der Waals surface area (Å²) in [7, 11) is 0. The number of hydrogen-bond donors (Lipinski definition) is 0. The Kier molecular flexibility index (Phi) is 6.75. The van der Waals surface area contributed by atoms with Gasteiger partial charge in [-0.1, -0.05) is 36.5 Å². The molecule has 0 spiro atoms. The second kappa shape index (κ2) is 7.29. The lowest BCUT2D eigenvalue weighted by Gasteiger charge is -1.97. The van der Waals surface area contributed by atoms with Crippen molar-refractivity contribution in [2.45, 2.75) is 13.8 Å². The van der Waals surface area contributed by atoms with Gasteiger partial charge in [0.2, 0.25) is 0 Å². The third-order valence-electron chi connectivity index (χ3n) is 1.00. The Labute approximate surface area is 69.1 Å². The highest BCUT2D eigenvalue weighted by atomic mass is 16.5. The van der Waals surface area contributed by atoms with Crippen molar-refractivity contribution in [1.82, 2.24) is 0 Å². The van der Waals surface area contributed by atoms with E-state index in [4.69, 9.17) is 4.74 Å². The summed E-state index contributed by atoms with van der Waals surface area (Å²) in [4.78, 5) is 0. The molecule has 0 saturated heterocycles. The Hall–Kier alpha value is -0.820. The van der Waals surface area contributed by atoms with Gasteiger partial charge in [0.25, 0.3) is 0 Å². The zero-order valence-electron chi connectivity index (χ0n) is 7.34. The van der Waals surface area contributed by atoms with Gasteiger partial charge in [-0.2, -0.15) is 0 Å². The number of ether oxygens (including phenoxy) is 1. The first-order valence-corrected chi connectivity index (χ1v) is 3.77. The van der Waals surface area contributed by atoms with E-state index < -0.39 is 0 Å². The smallest absolute Gasteiger partial charge is 0.0675 e. The van der Waals surface area contributed by atoms with E-state index in [1.54, 1.807) is 0 Å². The second-order valence-corrected chi connectivity index (χ2v) is 2.43. The highest BCUT2D eigenvalue weighted by Crippen LogP contribution is 1.88. The molecule has 0 amide bonds. The highest BCUT2D eigenvalue weighted by molar-refractivity contribution is 5.01. The molecule has 0 fully saturated rings. The lowest BCUT2D eigenvalue weighted by Crippen LogP contribution is -1.93. The fourth-order valence-corrected chi connectivity index (χ4v) is 0.546. The van der Waals surface area contributed by atoms with E-state index in [9.17, 15) is 0 Å². The Balaban J connectivity index is 3.20. The van der Waals surface area contributed by atoms with E-state index in [0.717, 1.165) is 5.57 Å². The molecule has 0 aliphatic heterocycles. The topological polar surface area (TPSA) is 9.23 Å². The highest BCUT2D eigenvalue weighted by Gasteiger charge is 1.82. The van der Waals surface area contributed by atoms with E-state index in [2.05, 4.69) is 6.58 Å². The summed E-state index contributed by atoms with van der Waals surface area (Å²) in [5.74, 6) is 0. The van der Waals surface area contributed by atoms with Gasteiger partial charge in [-0.25, -0.2) is 0 Å². The molecule has 0 N–H and O–H groups in total. The molecule has 0 aliphatic rings. The molecule has 0 radical (unpaired) electrons. The number of allylic oxidation sites excluding steroid dienone is 3. The largest absolute Gasteiger partial charge is 0.373 e. The van der Waals surface area contributed by atoms with Crippen LogP contribution in [0.3, 0.4) is 0 Å². The molecule has 0 bridgehead atoms. The molecule has 0 aromatic heterocycles. The van der Waals surface area contributed by atoms with Crippen LogP contribution in [-0.4, -0.2) is 13.2 Å². The van der Waals surface area contributed by atoms with Crippen molar-refractivity contribution in [2.75, 3.05) is 13.2 Å². The van der Waals surface area contributed by atoms with Gasteiger partial charge in [-0.05, 0) is 13.8 Å². The Morgan fingerprint density at radius 3 is 2.73 bits per heavy atom. The lowest BCUT2D eigenvalue weighted by atomic mass is 10.4. The van der Waals surface area contributed by atoms with Crippen LogP contribution in [-0.2, 0) is 4.74 Å². The molecule has 0 atom stereocenters. The first kappa shape index (κ1) is 10.2. The number of rotatable bonds is 5. The zero-order valence-corrected chi connectivity index (χ0v) is 7.34. The molecule has 0 heterocycles. The summed E-state index contributed by atoms with van der Waals surface area (Å²) in [6.45, 7) is 8.98. The maximum absolute atomic E-state index is 5.22. The summed E-state index contributed by atoms with van der Waals surface area (Å²) >= 11 is 0. The zero-order chi connectivity index (χ0) is 8.53. The predicted molar refractivity (Wildman–Crippen MR) is 49.6 cm³/mol. The molecular weight excluding hydrogens is 136 g/mol. The van der Waals surface area contributed by atoms with Crippen molar-refractivity contribution in [3.8, 4) is 0 Å². The van der Waals surface area contributed by atoms with Gasteiger partial charge in [0.1, 0.15) is 0 Å². The maximum atomic E-state index is 5.22. The van der Waals surface area contributed by atoms with Crippen LogP contribution in [0, 0.1) is 0 Å². The molecule has 0 aliphatic carbocycles. The normalized spacial score (nSPS) is 11.5. The third kappa shape index (κ3) is 9.18. The molecule has 1 nitrogen and oxygen atoms in total. The van der Waals surface area contributed by atoms with Crippen LogP contribution in [0.1, 0.15) is 13.8 Å². The van der Waals surface area contributed by atoms with E-state index in [-0.39, 0.29) is 0 Å². The molecule has 11 heavy (non-hydrogen) atoms. The minimum Gasteiger partial charge on any atom is -0.373 e. The van der Waals surface area contributed by atoms with Crippen LogP contribution < -0.4 is 0 Å². The molecule has 0 aromatic rings. The molecule has 0 unspecified atom stereocenters. The van der Waals surface area contributed by atoms with E-state index >= 15 is 0 Å². The summed E-state index contributed by atoms with van der Waals surface area (Å²) in [6, 6.07) is 0. The van der Waals surface area contributed by atoms with Crippen molar-refractivity contribution in [1.29, 1.82) is 0 Å². The SMILES string of the molecule is C=C(C)COC/C=C/C=C/C. The minimum atomic E-state index is 0.653. The van der Waals surface area contributed by atoms with Crippen molar-refractivity contribution in [2.24, 2.45) is 0 Å². The van der Waals surface area contributed by atoms with Crippen LogP contribution >= 0.6 is 0 Å². The molecule has 0 rings (SSSR count). The lowest BCUT2D eigenvalue weighted by molar-refractivity contribution is 0.187. The standard InChI is InChI=1S/C10H16O/c1-4-5-6-7-8-11-9-10(2)3/h4-7H,2,8-9H2,1,3H3/b5-4+,7-6+. The van der Waals surface area contributed by atoms with Gasteiger partial charge in [-0.15, -0.1) is 0 Å². The van der Waals surface area contributed by atoms with Gasteiger partial charge in [0.15, 0.2) is 0 Å². The van der Waals surface area contributed by atoms with E-state index in [0.29, 0.717) is 13.2 Å². The predicted octanol–water partition coefficient (Wildman–Crippen LogP) is 2.71. The average molecular weight is 152 g/mol. The summed E-state index contributed by atoms with van der Waals surface area (Å²) in [5.41, 5.74) is 1.06. The molecular formula is C10H16O. The van der Waals surface area contributed by atoms with Gasteiger partial charge in [0.05, 0.1) is 13.2 Å². The quantitative estimate of drug-likeness (QED) is 0.334. The van der Waals surface area contributed by atoms with Crippen molar-refractivity contribution in [3.63, 3.8) is 0 Å². The minimum absolute atomic E-state index is 0.653. The Bertz CT molecular complexity index is 154. The monoisotopic (exact) mass is 152 g/mol. The Morgan fingerprint density at radius 1 is 1.45 bits per heavy atom. The molecule has 0 saturated carbocycles. The van der Waals surface area contributed by atoms with Crippen molar-refractivity contribution >= 4 is 0 Å². The van der Waals surface area contributed by atoms with Crippen molar-refractivity contribution < 1.29 is 4.74 Å². The fourth-order valence-electron chi connectivity index (χ4n) is 0.546. The summed E-state index contributed by atoms with van der Waals surface area (Å²) in [6.07, 6.45) is 7.90. The second-order valence-electron chi connectivity index (χ2n) is 2.43. The molecule has 1 heteroatoms. The van der Waals surface area contributed by atoms with Gasteiger partial charge < -0.3 is 4.74 Å². The molecule has 0 aromatic carbocycles. The first-order valence-electron chi connectivity index (χ1n) is 3.77. The van der Waals surface area contributed by atoms with Crippen LogP contribution in [0.5, 0.6) is 0 Å². The molecule has 62 valence electrons. The van der Waals surface area contributed by atoms with Crippen LogP contribution in [0.15, 0.2) is 36.5 Å².